The van der Waals surface area contributed by atoms with E-state index in [2.05, 4.69) is 30.6 Å². The van der Waals surface area contributed by atoms with Gasteiger partial charge in [-0.3, -0.25) is 4.79 Å². The second-order valence-electron chi connectivity index (χ2n) is 5.89. The van der Waals surface area contributed by atoms with Gasteiger partial charge in [0.25, 0.3) is 0 Å². The number of carbonyl (C=O) groups excluding carboxylic acids is 1. The molecule has 0 saturated heterocycles. The number of hydrogen-bond acceptors (Lipinski definition) is 2. The third-order valence-corrected chi connectivity index (χ3v) is 3.58. The molecule has 1 amide bonds. The summed E-state index contributed by atoms with van der Waals surface area (Å²) >= 11 is 0. The van der Waals surface area contributed by atoms with Gasteiger partial charge >= 0.3 is 0 Å². The van der Waals surface area contributed by atoms with Crippen molar-refractivity contribution >= 4 is 5.91 Å². The molecule has 0 unspecified atom stereocenters. The molecule has 0 aromatic carbocycles. The lowest BCUT2D eigenvalue weighted by Gasteiger charge is -2.13. The van der Waals surface area contributed by atoms with Gasteiger partial charge in [-0.25, -0.2) is 0 Å². The summed E-state index contributed by atoms with van der Waals surface area (Å²) in [5.74, 6) is 0.826. The minimum atomic E-state index is 0.171. The molecular formula is C16H30N2O. The number of amides is 1. The Bertz CT molecular complexity index is 284. The Hall–Kier alpha value is -0.830. The molecule has 0 aromatic rings. The largest absolute Gasteiger partial charge is 0.356 e. The lowest BCUT2D eigenvalue weighted by atomic mass is 9.97. The molecule has 0 atom stereocenters. The first-order valence-corrected chi connectivity index (χ1v) is 7.84. The summed E-state index contributed by atoms with van der Waals surface area (Å²) in [6.45, 7) is 6.95. The second-order valence-corrected chi connectivity index (χ2v) is 5.89. The predicted molar refractivity (Wildman–Crippen MR) is 81.1 cm³/mol. The molecule has 3 nitrogen and oxygen atoms in total. The highest BCUT2D eigenvalue weighted by atomic mass is 16.1. The van der Waals surface area contributed by atoms with Crippen LogP contribution in [-0.2, 0) is 4.79 Å². The molecule has 19 heavy (non-hydrogen) atoms. The van der Waals surface area contributed by atoms with Gasteiger partial charge in [-0.05, 0) is 51.0 Å². The van der Waals surface area contributed by atoms with Gasteiger partial charge in [0.05, 0.1) is 0 Å². The molecule has 0 radical (unpaired) electrons. The molecule has 0 saturated carbocycles. The Labute approximate surface area is 118 Å². The SMILES string of the molecule is CC(C)CCNC(=O)CCNCCC1=CCCCC1. The monoisotopic (exact) mass is 266 g/mol. The van der Waals surface area contributed by atoms with Crippen LogP contribution in [0, 0.1) is 5.92 Å². The van der Waals surface area contributed by atoms with Crippen molar-refractivity contribution in [3.63, 3.8) is 0 Å². The summed E-state index contributed by atoms with van der Waals surface area (Å²) in [5.41, 5.74) is 1.60. The maximum absolute atomic E-state index is 11.5. The van der Waals surface area contributed by atoms with Crippen LogP contribution in [0.3, 0.4) is 0 Å². The zero-order valence-corrected chi connectivity index (χ0v) is 12.6. The fourth-order valence-electron chi connectivity index (χ4n) is 2.30. The summed E-state index contributed by atoms with van der Waals surface area (Å²) < 4.78 is 0. The van der Waals surface area contributed by atoms with Crippen LogP contribution in [0.4, 0.5) is 0 Å². The fourth-order valence-corrected chi connectivity index (χ4v) is 2.30. The minimum absolute atomic E-state index is 0.171. The topological polar surface area (TPSA) is 41.1 Å². The van der Waals surface area contributed by atoms with E-state index in [1.165, 1.54) is 25.7 Å². The van der Waals surface area contributed by atoms with E-state index in [-0.39, 0.29) is 5.91 Å². The van der Waals surface area contributed by atoms with Gasteiger partial charge in [0.1, 0.15) is 0 Å². The Morgan fingerprint density at radius 3 is 2.79 bits per heavy atom. The quantitative estimate of drug-likeness (QED) is 0.497. The molecule has 0 bridgehead atoms. The average molecular weight is 266 g/mol. The third kappa shape index (κ3) is 8.82. The van der Waals surface area contributed by atoms with Crippen molar-refractivity contribution in [2.24, 2.45) is 5.92 Å². The zero-order valence-electron chi connectivity index (χ0n) is 12.6. The highest BCUT2D eigenvalue weighted by Gasteiger charge is 2.04. The molecule has 0 heterocycles. The van der Waals surface area contributed by atoms with E-state index in [1.807, 2.05) is 0 Å². The van der Waals surface area contributed by atoms with Crippen LogP contribution in [0.25, 0.3) is 0 Å². The molecule has 0 spiro atoms. The molecule has 0 aliphatic heterocycles. The van der Waals surface area contributed by atoms with Crippen LogP contribution in [0.1, 0.15) is 58.8 Å². The van der Waals surface area contributed by atoms with E-state index in [0.29, 0.717) is 12.3 Å². The molecule has 2 N–H and O–H groups in total. The second kappa shape index (κ2) is 10.0. The molecule has 0 fully saturated rings. The fraction of sp³-hybridized carbons (Fsp3) is 0.812. The van der Waals surface area contributed by atoms with Crippen molar-refractivity contribution < 1.29 is 4.79 Å². The maximum atomic E-state index is 11.5. The van der Waals surface area contributed by atoms with Crippen LogP contribution in [0.15, 0.2) is 11.6 Å². The molecule has 0 aromatic heterocycles. The van der Waals surface area contributed by atoms with E-state index in [0.717, 1.165) is 32.5 Å². The number of hydrogen-bond donors (Lipinski definition) is 2. The first-order chi connectivity index (χ1) is 9.18. The van der Waals surface area contributed by atoms with Crippen LogP contribution >= 0.6 is 0 Å². The normalized spacial score (nSPS) is 15.4. The smallest absolute Gasteiger partial charge is 0.221 e. The van der Waals surface area contributed by atoms with Crippen LogP contribution in [0.5, 0.6) is 0 Å². The standard InChI is InChI=1S/C16H30N2O/c1-14(2)8-13-18-16(19)10-12-17-11-9-15-6-4-3-5-7-15/h6,14,17H,3-5,7-13H2,1-2H3,(H,18,19). The molecular weight excluding hydrogens is 236 g/mol. The first-order valence-electron chi connectivity index (χ1n) is 7.84. The van der Waals surface area contributed by atoms with E-state index >= 15 is 0 Å². The third-order valence-electron chi connectivity index (χ3n) is 3.58. The van der Waals surface area contributed by atoms with Crippen LogP contribution in [0.2, 0.25) is 0 Å². The Kier molecular flexibility index (Phi) is 8.55. The van der Waals surface area contributed by atoms with Crippen molar-refractivity contribution in [1.29, 1.82) is 0 Å². The zero-order chi connectivity index (χ0) is 13.9. The molecule has 1 aliphatic carbocycles. The van der Waals surface area contributed by atoms with Crippen molar-refractivity contribution in [3.8, 4) is 0 Å². The summed E-state index contributed by atoms with van der Waals surface area (Å²) in [4.78, 5) is 11.5. The van der Waals surface area contributed by atoms with Gasteiger partial charge in [0, 0.05) is 19.5 Å². The maximum Gasteiger partial charge on any atom is 0.221 e. The Morgan fingerprint density at radius 1 is 1.26 bits per heavy atom. The lowest BCUT2D eigenvalue weighted by Crippen LogP contribution is -2.29. The van der Waals surface area contributed by atoms with Crippen LogP contribution in [-0.4, -0.2) is 25.5 Å². The summed E-state index contributed by atoms with van der Waals surface area (Å²) in [7, 11) is 0. The van der Waals surface area contributed by atoms with Crippen LogP contribution < -0.4 is 10.6 Å². The van der Waals surface area contributed by atoms with Crippen molar-refractivity contribution in [2.45, 2.75) is 58.8 Å². The summed E-state index contributed by atoms with van der Waals surface area (Å²) in [6.07, 6.45) is 10.4. The van der Waals surface area contributed by atoms with Gasteiger partial charge in [-0.2, -0.15) is 0 Å². The molecule has 3 heteroatoms. The Morgan fingerprint density at radius 2 is 2.11 bits per heavy atom. The number of rotatable bonds is 9. The van der Waals surface area contributed by atoms with Gasteiger partial charge in [-0.15, -0.1) is 0 Å². The van der Waals surface area contributed by atoms with E-state index in [4.69, 9.17) is 0 Å². The highest BCUT2D eigenvalue weighted by Crippen LogP contribution is 2.19. The number of allylic oxidation sites excluding steroid dienone is 1. The van der Waals surface area contributed by atoms with E-state index in [1.54, 1.807) is 5.57 Å². The van der Waals surface area contributed by atoms with Crippen molar-refractivity contribution in [2.75, 3.05) is 19.6 Å². The minimum Gasteiger partial charge on any atom is -0.356 e. The van der Waals surface area contributed by atoms with Crippen molar-refractivity contribution in [1.82, 2.24) is 10.6 Å². The predicted octanol–water partition coefficient (Wildman–Crippen LogP) is 3.02. The highest BCUT2D eigenvalue weighted by molar-refractivity contribution is 5.75. The average Bonchev–Trinajstić information content (AvgIpc) is 2.39. The van der Waals surface area contributed by atoms with Gasteiger partial charge in [-0.1, -0.05) is 25.5 Å². The Balaban J connectivity index is 1.92. The van der Waals surface area contributed by atoms with Gasteiger partial charge < -0.3 is 10.6 Å². The lowest BCUT2D eigenvalue weighted by molar-refractivity contribution is -0.121. The van der Waals surface area contributed by atoms with Gasteiger partial charge in [0.2, 0.25) is 5.91 Å². The van der Waals surface area contributed by atoms with E-state index in [9.17, 15) is 4.79 Å². The van der Waals surface area contributed by atoms with Crippen molar-refractivity contribution in [3.05, 3.63) is 11.6 Å². The van der Waals surface area contributed by atoms with Gasteiger partial charge in [0.15, 0.2) is 0 Å². The van der Waals surface area contributed by atoms with E-state index < -0.39 is 0 Å². The molecule has 110 valence electrons. The number of nitrogens with one attached hydrogen (secondary N) is 2. The first kappa shape index (κ1) is 16.2. The summed E-state index contributed by atoms with van der Waals surface area (Å²) in [5, 5.41) is 6.33. The summed E-state index contributed by atoms with van der Waals surface area (Å²) in [6, 6.07) is 0. The number of carbonyl (C=O) groups is 1. The molecule has 1 rings (SSSR count). The molecule has 1 aliphatic rings.